The average molecular weight is 265 g/mol. The highest BCUT2D eigenvalue weighted by atomic mass is 28.3. The molecule has 0 saturated heterocycles. The van der Waals surface area contributed by atoms with Crippen LogP contribution in [0.5, 0.6) is 0 Å². The van der Waals surface area contributed by atoms with Gasteiger partial charge in [0, 0.05) is 19.2 Å². The van der Waals surface area contributed by atoms with Crippen LogP contribution in [0.2, 0.25) is 19.6 Å². The highest BCUT2D eigenvalue weighted by Gasteiger charge is 2.17. The van der Waals surface area contributed by atoms with Crippen molar-refractivity contribution in [2.24, 2.45) is 0 Å². The first kappa shape index (κ1) is 15.4. The molecule has 1 N–H and O–H groups in total. The molecule has 3 heteroatoms. The number of hydrogen-bond donors (Lipinski definition) is 1. The Balaban J connectivity index is 2.60. The summed E-state index contributed by atoms with van der Waals surface area (Å²) >= 11 is 0. The molecule has 0 aliphatic heterocycles. The molecular formula is C15H27NOSi. The fourth-order valence-electron chi connectivity index (χ4n) is 1.88. The lowest BCUT2D eigenvalue weighted by Gasteiger charge is -2.25. The Morgan fingerprint density at radius 1 is 1.11 bits per heavy atom. The summed E-state index contributed by atoms with van der Waals surface area (Å²) in [5, 5.41) is 5.04. The maximum Gasteiger partial charge on any atom is 0.0775 e. The molecule has 0 unspecified atom stereocenters. The van der Waals surface area contributed by atoms with Gasteiger partial charge in [-0.1, -0.05) is 49.1 Å². The third kappa shape index (κ3) is 4.92. The van der Waals surface area contributed by atoms with Gasteiger partial charge in [0.05, 0.1) is 14.7 Å². The molecule has 0 saturated carbocycles. The lowest BCUT2D eigenvalue weighted by atomic mass is 10.1. The molecule has 0 spiro atoms. The SMILES string of the molecule is COCC(C)(C)NCc1ccc([Si](C)(C)C)cc1. The molecule has 0 radical (unpaired) electrons. The molecule has 1 aromatic carbocycles. The third-order valence-electron chi connectivity index (χ3n) is 3.10. The van der Waals surface area contributed by atoms with Gasteiger partial charge in [0.2, 0.25) is 0 Å². The van der Waals surface area contributed by atoms with Crippen molar-refractivity contribution in [3.63, 3.8) is 0 Å². The molecule has 0 heterocycles. The Hall–Kier alpha value is -0.643. The van der Waals surface area contributed by atoms with Crippen LogP contribution in [0.4, 0.5) is 0 Å². The first-order valence-electron chi connectivity index (χ1n) is 6.58. The largest absolute Gasteiger partial charge is 0.383 e. The molecule has 0 aliphatic rings. The van der Waals surface area contributed by atoms with E-state index in [0.717, 1.165) is 13.2 Å². The second kappa shape index (κ2) is 6.00. The van der Waals surface area contributed by atoms with Gasteiger partial charge in [-0.2, -0.15) is 0 Å². The topological polar surface area (TPSA) is 21.3 Å². The van der Waals surface area contributed by atoms with Crippen molar-refractivity contribution in [2.45, 2.75) is 45.6 Å². The highest BCUT2D eigenvalue weighted by molar-refractivity contribution is 6.88. The van der Waals surface area contributed by atoms with E-state index in [1.165, 1.54) is 10.8 Å². The highest BCUT2D eigenvalue weighted by Crippen LogP contribution is 2.07. The molecule has 0 fully saturated rings. The van der Waals surface area contributed by atoms with Crippen molar-refractivity contribution >= 4 is 13.3 Å². The summed E-state index contributed by atoms with van der Waals surface area (Å²) in [6, 6.07) is 9.05. The normalized spacial score (nSPS) is 12.8. The van der Waals surface area contributed by atoms with Crippen molar-refractivity contribution in [1.82, 2.24) is 5.32 Å². The first-order chi connectivity index (χ1) is 8.24. The summed E-state index contributed by atoms with van der Waals surface area (Å²) in [6.45, 7) is 13.1. The Morgan fingerprint density at radius 3 is 2.11 bits per heavy atom. The summed E-state index contributed by atoms with van der Waals surface area (Å²) in [7, 11) is 0.573. The van der Waals surface area contributed by atoms with E-state index < -0.39 is 8.07 Å². The zero-order valence-corrected chi connectivity index (χ0v) is 13.6. The minimum absolute atomic E-state index is 0.0200. The number of methoxy groups -OCH3 is 1. The molecule has 1 aromatic rings. The van der Waals surface area contributed by atoms with Crippen molar-refractivity contribution in [3.05, 3.63) is 29.8 Å². The van der Waals surface area contributed by atoms with Crippen LogP contribution in [0.1, 0.15) is 19.4 Å². The van der Waals surface area contributed by atoms with E-state index in [4.69, 9.17) is 4.74 Å². The van der Waals surface area contributed by atoms with Crippen LogP contribution >= 0.6 is 0 Å². The van der Waals surface area contributed by atoms with Gasteiger partial charge in [-0.05, 0) is 19.4 Å². The Kier molecular flexibility index (Phi) is 5.14. The second-order valence-corrected chi connectivity index (χ2v) is 11.7. The van der Waals surface area contributed by atoms with Crippen molar-refractivity contribution < 1.29 is 4.74 Å². The van der Waals surface area contributed by atoms with E-state index in [9.17, 15) is 0 Å². The summed E-state index contributed by atoms with van der Waals surface area (Å²) < 4.78 is 5.20. The average Bonchev–Trinajstić information content (AvgIpc) is 2.26. The van der Waals surface area contributed by atoms with Gasteiger partial charge in [0.25, 0.3) is 0 Å². The number of ether oxygens (including phenoxy) is 1. The number of rotatable bonds is 6. The fourth-order valence-corrected chi connectivity index (χ4v) is 3.04. The standard InChI is InChI=1S/C15H27NOSi/c1-15(2,12-17-3)16-11-13-7-9-14(10-8-13)18(4,5)6/h7-10,16H,11-12H2,1-6H3. The zero-order valence-electron chi connectivity index (χ0n) is 12.6. The van der Waals surface area contributed by atoms with Gasteiger partial charge in [-0.25, -0.2) is 0 Å². The summed E-state index contributed by atoms with van der Waals surface area (Å²) in [6.07, 6.45) is 0. The van der Waals surface area contributed by atoms with Crippen molar-refractivity contribution in [2.75, 3.05) is 13.7 Å². The predicted molar refractivity (Wildman–Crippen MR) is 82.2 cm³/mol. The van der Waals surface area contributed by atoms with E-state index in [1.807, 2.05) is 0 Å². The molecule has 0 amide bonds. The molecule has 0 atom stereocenters. The van der Waals surface area contributed by atoms with Gasteiger partial charge in [-0.3, -0.25) is 0 Å². The molecular weight excluding hydrogens is 238 g/mol. The molecule has 18 heavy (non-hydrogen) atoms. The van der Waals surface area contributed by atoms with Crippen LogP contribution in [0.3, 0.4) is 0 Å². The Labute approximate surface area is 113 Å². The van der Waals surface area contributed by atoms with E-state index in [2.05, 4.69) is 63.1 Å². The third-order valence-corrected chi connectivity index (χ3v) is 5.16. The molecule has 0 bridgehead atoms. The first-order valence-corrected chi connectivity index (χ1v) is 10.1. The number of hydrogen-bond acceptors (Lipinski definition) is 2. The van der Waals surface area contributed by atoms with Gasteiger partial charge >= 0.3 is 0 Å². The minimum atomic E-state index is -1.17. The lowest BCUT2D eigenvalue weighted by molar-refractivity contribution is 0.128. The number of nitrogens with one attached hydrogen (secondary N) is 1. The smallest absolute Gasteiger partial charge is 0.0775 e. The van der Waals surface area contributed by atoms with Crippen molar-refractivity contribution in [3.8, 4) is 0 Å². The molecule has 2 nitrogen and oxygen atoms in total. The Bertz CT molecular complexity index is 365. The summed E-state index contributed by atoms with van der Waals surface area (Å²) in [4.78, 5) is 0. The quantitative estimate of drug-likeness (QED) is 0.799. The molecule has 102 valence electrons. The van der Waals surface area contributed by atoms with Crippen LogP contribution < -0.4 is 10.5 Å². The maximum absolute atomic E-state index is 5.20. The van der Waals surface area contributed by atoms with Gasteiger partial charge < -0.3 is 10.1 Å². The second-order valence-electron chi connectivity index (χ2n) is 6.62. The van der Waals surface area contributed by atoms with Crippen molar-refractivity contribution in [1.29, 1.82) is 0 Å². The predicted octanol–water partition coefficient (Wildman–Crippen LogP) is 2.75. The molecule has 1 rings (SSSR count). The zero-order chi connectivity index (χ0) is 13.8. The van der Waals surface area contributed by atoms with Crippen LogP contribution in [-0.4, -0.2) is 27.3 Å². The van der Waals surface area contributed by atoms with Gasteiger partial charge in [-0.15, -0.1) is 0 Å². The van der Waals surface area contributed by atoms with Crippen LogP contribution in [-0.2, 0) is 11.3 Å². The minimum Gasteiger partial charge on any atom is -0.383 e. The summed E-state index contributed by atoms with van der Waals surface area (Å²) in [5.74, 6) is 0. The number of benzene rings is 1. The van der Waals surface area contributed by atoms with Crippen LogP contribution in [0.25, 0.3) is 0 Å². The van der Waals surface area contributed by atoms with E-state index in [0.29, 0.717) is 0 Å². The Morgan fingerprint density at radius 2 is 1.67 bits per heavy atom. The van der Waals surface area contributed by atoms with E-state index >= 15 is 0 Å². The lowest BCUT2D eigenvalue weighted by Crippen LogP contribution is -2.43. The van der Waals surface area contributed by atoms with E-state index in [1.54, 1.807) is 7.11 Å². The molecule has 0 aromatic heterocycles. The van der Waals surface area contributed by atoms with Crippen LogP contribution in [0.15, 0.2) is 24.3 Å². The maximum atomic E-state index is 5.20. The van der Waals surface area contributed by atoms with E-state index in [-0.39, 0.29) is 5.54 Å². The molecule has 0 aliphatic carbocycles. The van der Waals surface area contributed by atoms with Crippen LogP contribution in [0, 0.1) is 0 Å². The summed E-state index contributed by atoms with van der Waals surface area (Å²) in [5.41, 5.74) is 1.35. The monoisotopic (exact) mass is 265 g/mol. The fraction of sp³-hybridized carbons (Fsp3) is 0.600. The van der Waals surface area contributed by atoms with Gasteiger partial charge in [0.1, 0.15) is 0 Å². The van der Waals surface area contributed by atoms with Gasteiger partial charge in [0.15, 0.2) is 0 Å².